The number of carbonyl (C=O) groups is 1. The van der Waals surface area contributed by atoms with Crippen LogP contribution in [0, 0.1) is 5.82 Å². The molecular formula is C21H26FN3O2. The van der Waals surface area contributed by atoms with Crippen LogP contribution in [0.3, 0.4) is 0 Å². The van der Waals surface area contributed by atoms with Crippen LogP contribution in [0.15, 0.2) is 48.7 Å². The first-order chi connectivity index (χ1) is 12.9. The first-order valence-electron chi connectivity index (χ1n) is 9.30. The van der Waals surface area contributed by atoms with Crippen LogP contribution in [-0.4, -0.2) is 40.5 Å². The summed E-state index contributed by atoms with van der Waals surface area (Å²) < 4.78 is 18.8. The number of hydrogen-bond donors (Lipinski definition) is 1. The molecule has 1 saturated heterocycles. The Hall–Kier alpha value is -2.47. The first-order valence-corrected chi connectivity index (χ1v) is 9.30. The van der Waals surface area contributed by atoms with E-state index in [2.05, 4.69) is 15.2 Å². The number of nitrogens with one attached hydrogen (secondary N) is 1. The van der Waals surface area contributed by atoms with Crippen molar-refractivity contribution in [1.29, 1.82) is 0 Å². The van der Waals surface area contributed by atoms with Gasteiger partial charge in [0.05, 0.1) is 5.69 Å². The Balaban J connectivity index is 1.47. The minimum Gasteiger partial charge on any atom is -0.478 e. The van der Waals surface area contributed by atoms with Crippen molar-refractivity contribution >= 4 is 5.91 Å². The second-order valence-corrected chi connectivity index (χ2v) is 7.41. The van der Waals surface area contributed by atoms with Crippen molar-refractivity contribution in [1.82, 2.24) is 15.2 Å². The zero-order valence-electron chi connectivity index (χ0n) is 15.8. The van der Waals surface area contributed by atoms with Crippen molar-refractivity contribution in [3.63, 3.8) is 0 Å². The van der Waals surface area contributed by atoms with Crippen molar-refractivity contribution in [2.45, 2.75) is 44.9 Å². The highest BCUT2D eigenvalue weighted by atomic mass is 19.1. The number of amides is 1. The second kappa shape index (κ2) is 8.48. The number of ether oxygens (including phenoxy) is 1. The fourth-order valence-corrected chi connectivity index (χ4v) is 3.16. The molecule has 144 valence electrons. The van der Waals surface area contributed by atoms with E-state index >= 15 is 0 Å². The lowest BCUT2D eigenvalue weighted by Gasteiger charge is -2.34. The molecule has 0 saturated carbocycles. The van der Waals surface area contributed by atoms with Crippen LogP contribution in [0.1, 0.15) is 32.4 Å². The van der Waals surface area contributed by atoms with Crippen molar-refractivity contribution < 1.29 is 13.9 Å². The van der Waals surface area contributed by atoms with E-state index in [4.69, 9.17) is 4.74 Å². The smallest absolute Gasteiger partial charge is 0.263 e. The van der Waals surface area contributed by atoms with Crippen LogP contribution in [0.2, 0.25) is 0 Å². The third-order valence-electron chi connectivity index (χ3n) is 4.77. The molecule has 1 aliphatic rings. The zero-order valence-corrected chi connectivity index (χ0v) is 15.8. The van der Waals surface area contributed by atoms with E-state index in [9.17, 15) is 9.18 Å². The molecule has 6 heteroatoms. The third kappa shape index (κ3) is 5.50. The van der Waals surface area contributed by atoms with Gasteiger partial charge in [0, 0.05) is 31.9 Å². The summed E-state index contributed by atoms with van der Waals surface area (Å²) in [5.41, 5.74) is 0.0388. The highest BCUT2D eigenvalue weighted by molar-refractivity contribution is 5.85. The number of nitrogens with zero attached hydrogens (tertiary/aromatic N) is 2. The van der Waals surface area contributed by atoms with Crippen LogP contribution in [0.5, 0.6) is 5.75 Å². The topological polar surface area (TPSA) is 54.5 Å². The summed E-state index contributed by atoms with van der Waals surface area (Å²) in [6.45, 7) is 6.12. The summed E-state index contributed by atoms with van der Waals surface area (Å²) in [4.78, 5) is 19.4. The van der Waals surface area contributed by atoms with Gasteiger partial charge in [0.2, 0.25) is 0 Å². The Kier molecular flexibility index (Phi) is 6.06. The lowest BCUT2D eigenvalue weighted by atomic mass is 10.0. The molecule has 1 aromatic carbocycles. The van der Waals surface area contributed by atoms with Crippen molar-refractivity contribution in [3.8, 4) is 5.75 Å². The van der Waals surface area contributed by atoms with E-state index in [1.54, 1.807) is 13.8 Å². The number of carbonyl (C=O) groups excluding carboxylic acids is 1. The number of aromatic nitrogens is 1. The highest BCUT2D eigenvalue weighted by Crippen LogP contribution is 2.20. The van der Waals surface area contributed by atoms with E-state index in [1.807, 2.05) is 24.4 Å². The molecule has 1 aromatic heterocycles. The predicted octanol–water partition coefficient (Wildman–Crippen LogP) is 3.16. The fourth-order valence-electron chi connectivity index (χ4n) is 3.16. The largest absolute Gasteiger partial charge is 0.478 e. The van der Waals surface area contributed by atoms with Gasteiger partial charge in [0.25, 0.3) is 5.91 Å². The third-order valence-corrected chi connectivity index (χ3v) is 4.77. The summed E-state index contributed by atoms with van der Waals surface area (Å²) in [5, 5.41) is 3.09. The Morgan fingerprint density at radius 3 is 2.56 bits per heavy atom. The number of likely N-dealkylation sites (tertiary alicyclic amines) is 1. The zero-order chi connectivity index (χ0) is 19.3. The molecule has 2 heterocycles. The molecular weight excluding hydrogens is 345 g/mol. The van der Waals surface area contributed by atoms with Crippen LogP contribution in [-0.2, 0) is 11.3 Å². The van der Waals surface area contributed by atoms with Gasteiger partial charge in [-0.3, -0.25) is 14.7 Å². The normalized spacial score (nSPS) is 16.1. The number of hydrogen-bond acceptors (Lipinski definition) is 4. The summed E-state index contributed by atoms with van der Waals surface area (Å²) in [5.74, 6) is -0.0150. The number of rotatable bonds is 6. The molecule has 5 nitrogen and oxygen atoms in total. The van der Waals surface area contributed by atoms with Gasteiger partial charge in [0.1, 0.15) is 11.6 Å². The Morgan fingerprint density at radius 1 is 1.22 bits per heavy atom. The van der Waals surface area contributed by atoms with Gasteiger partial charge in [-0.1, -0.05) is 6.07 Å². The number of pyridine rings is 1. The summed E-state index contributed by atoms with van der Waals surface area (Å²) in [7, 11) is 0. The van der Waals surface area contributed by atoms with Gasteiger partial charge >= 0.3 is 0 Å². The van der Waals surface area contributed by atoms with E-state index in [1.165, 1.54) is 24.3 Å². The van der Waals surface area contributed by atoms with Crippen molar-refractivity contribution in [2.24, 2.45) is 0 Å². The Morgan fingerprint density at radius 2 is 1.93 bits per heavy atom. The Bertz CT molecular complexity index is 742. The second-order valence-electron chi connectivity index (χ2n) is 7.41. The monoisotopic (exact) mass is 371 g/mol. The SMILES string of the molecule is CC(C)(Oc1ccc(F)cc1)C(=O)NC1CCN(Cc2ccccn2)CC1. The van der Waals surface area contributed by atoms with Gasteiger partial charge < -0.3 is 10.1 Å². The maximum atomic E-state index is 13.0. The van der Waals surface area contributed by atoms with Crippen LogP contribution < -0.4 is 10.1 Å². The summed E-state index contributed by atoms with van der Waals surface area (Å²) >= 11 is 0. The lowest BCUT2D eigenvalue weighted by molar-refractivity contribution is -0.135. The molecule has 0 radical (unpaired) electrons. The van der Waals surface area contributed by atoms with Gasteiger partial charge in [-0.15, -0.1) is 0 Å². The molecule has 0 aliphatic carbocycles. The van der Waals surface area contributed by atoms with E-state index in [-0.39, 0.29) is 17.8 Å². The molecule has 1 aliphatic heterocycles. The van der Waals surface area contributed by atoms with Gasteiger partial charge in [0.15, 0.2) is 5.60 Å². The van der Waals surface area contributed by atoms with Crippen LogP contribution in [0.25, 0.3) is 0 Å². The average molecular weight is 371 g/mol. The molecule has 2 aromatic rings. The minimum atomic E-state index is -1.02. The van der Waals surface area contributed by atoms with Gasteiger partial charge in [-0.25, -0.2) is 4.39 Å². The molecule has 1 N–H and O–H groups in total. The molecule has 0 spiro atoms. The van der Waals surface area contributed by atoms with E-state index in [0.29, 0.717) is 5.75 Å². The molecule has 1 amide bonds. The maximum absolute atomic E-state index is 13.0. The quantitative estimate of drug-likeness (QED) is 0.848. The Labute approximate surface area is 159 Å². The number of halogens is 1. The van der Waals surface area contributed by atoms with E-state index in [0.717, 1.165) is 38.2 Å². The van der Waals surface area contributed by atoms with Gasteiger partial charge in [-0.05, 0) is 63.1 Å². The molecule has 3 rings (SSSR count). The minimum absolute atomic E-state index is 0.133. The molecule has 0 atom stereocenters. The van der Waals surface area contributed by atoms with Crippen molar-refractivity contribution in [2.75, 3.05) is 13.1 Å². The number of piperidine rings is 1. The maximum Gasteiger partial charge on any atom is 0.263 e. The number of benzene rings is 1. The standard InChI is InChI=1S/C21H26FN3O2/c1-21(2,27-19-8-6-16(22)7-9-19)20(26)24-17-10-13-25(14-11-17)15-18-5-3-4-12-23-18/h3-9,12,17H,10-11,13-15H2,1-2H3,(H,24,26). The molecule has 1 fully saturated rings. The molecule has 0 bridgehead atoms. The van der Waals surface area contributed by atoms with Crippen molar-refractivity contribution in [3.05, 3.63) is 60.2 Å². The first kappa shape index (κ1) is 19.3. The predicted molar refractivity (Wildman–Crippen MR) is 102 cm³/mol. The average Bonchev–Trinajstić information content (AvgIpc) is 2.66. The van der Waals surface area contributed by atoms with Gasteiger partial charge in [-0.2, -0.15) is 0 Å². The summed E-state index contributed by atoms with van der Waals surface area (Å²) in [6.07, 6.45) is 3.60. The van der Waals surface area contributed by atoms with Crippen LogP contribution in [0.4, 0.5) is 4.39 Å². The van der Waals surface area contributed by atoms with E-state index < -0.39 is 5.60 Å². The molecule has 0 unspecified atom stereocenters. The summed E-state index contributed by atoms with van der Waals surface area (Å²) in [6, 6.07) is 11.8. The highest BCUT2D eigenvalue weighted by Gasteiger charge is 2.32. The molecule has 27 heavy (non-hydrogen) atoms. The lowest BCUT2D eigenvalue weighted by Crippen LogP contribution is -2.52. The fraction of sp³-hybridized carbons (Fsp3) is 0.429. The van der Waals surface area contributed by atoms with Crippen LogP contribution >= 0.6 is 0 Å².